The van der Waals surface area contributed by atoms with E-state index >= 15 is 0 Å². The molecule has 0 aliphatic rings. The van der Waals surface area contributed by atoms with Gasteiger partial charge in [0.05, 0.1) is 17.3 Å². The van der Waals surface area contributed by atoms with Gasteiger partial charge >= 0.3 is 0 Å². The minimum atomic E-state index is 0.113. The van der Waals surface area contributed by atoms with E-state index in [1.165, 1.54) is 14.8 Å². The van der Waals surface area contributed by atoms with E-state index in [1.807, 2.05) is 0 Å². The largest absolute Gasteiger partial charge is 0.378 e. The zero-order valence-corrected chi connectivity index (χ0v) is 14.2. The third-order valence-electron chi connectivity index (χ3n) is 2.79. The van der Waals surface area contributed by atoms with Gasteiger partial charge in [-0.1, -0.05) is 6.07 Å². The van der Waals surface area contributed by atoms with Gasteiger partial charge in [0.2, 0.25) is 0 Å². The van der Waals surface area contributed by atoms with E-state index in [4.69, 9.17) is 9.72 Å². The predicted molar refractivity (Wildman–Crippen MR) is 86.5 cm³/mol. The zero-order valence-electron chi connectivity index (χ0n) is 12.5. The van der Waals surface area contributed by atoms with E-state index in [0.717, 1.165) is 18.7 Å². The Morgan fingerprint density at radius 2 is 2.15 bits per heavy atom. The fraction of sp³-hybridized carbons (Fsp3) is 0.533. The summed E-state index contributed by atoms with van der Waals surface area (Å²) in [5, 5.41) is 6.81. The van der Waals surface area contributed by atoms with Crippen LogP contribution in [0.25, 0.3) is 0 Å². The number of thiazole rings is 1. The number of ether oxygens (including phenoxy) is 1. The van der Waals surface area contributed by atoms with Crippen LogP contribution in [0.2, 0.25) is 0 Å². The summed E-state index contributed by atoms with van der Waals surface area (Å²) in [6, 6.07) is 4.25. The molecule has 20 heavy (non-hydrogen) atoms. The second-order valence-electron chi connectivity index (χ2n) is 5.77. The van der Waals surface area contributed by atoms with Crippen molar-refractivity contribution in [3.05, 3.63) is 38.0 Å². The van der Waals surface area contributed by atoms with Crippen molar-refractivity contribution in [2.24, 2.45) is 0 Å². The van der Waals surface area contributed by atoms with Crippen LogP contribution in [0.3, 0.4) is 0 Å². The number of hydrogen-bond acceptors (Lipinski definition) is 5. The van der Waals surface area contributed by atoms with Crippen LogP contribution >= 0.6 is 22.7 Å². The Morgan fingerprint density at radius 1 is 1.35 bits per heavy atom. The molecule has 2 rings (SSSR count). The van der Waals surface area contributed by atoms with E-state index in [9.17, 15) is 0 Å². The first-order valence-electron chi connectivity index (χ1n) is 6.72. The number of aromatic nitrogens is 1. The normalized spacial score (nSPS) is 12.0. The minimum absolute atomic E-state index is 0.113. The van der Waals surface area contributed by atoms with Crippen LogP contribution in [0.5, 0.6) is 0 Å². The second kappa shape index (κ2) is 6.80. The van der Waals surface area contributed by atoms with Crippen LogP contribution in [-0.4, -0.2) is 17.6 Å². The molecule has 0 fully saturated rings. The van der Waals surface area contributed by atoms with E-state index in [1.54, 1.807) is 29.8 Å². The van der Waals surface area contributed by atoms with Crippen molar-refractivity contribution in [3.63, 3.8) is 0 Å². The first-order valence-corrected chi connectivity index (χ1v) is 8.41. The zero-order chi connectivity index (χ0) is 14.6. The third kappa shape index (κ3) is 4.66. The summed E-state index contributed by atoms with van der Waals surface area (Å²) in [5.74, 6) is 0. The summed E-state index contributed by atoms with van der Waals surface area (Å²) in [5.41, 5.74) is 1.18. The monoisotopic (exact) mass is 310 g/mol. The lowest BCUT2D eigenvalue weighted by molar-refractivity contribution is 0.181. The number of hydrogen-bond donors (Lipinski definition) is 1. The van der Waals surface area contributed by atoms with Crippen molar-refractivity contribution in [1.29, 1.82) is 0 Å². The van der Waals surface area contributed by atoms with Crippen LogP contribution in [0.1, 0.15) is 41.2 Å². The molecule has 0 aromatic carbocycles. The van der Waals surface area contributed by atoms with Gasteiger partial charge in [-0.15, -0.1) is 22.7 Å². The second-order valence-corrected chi connectivity index (χ2v) is 7.97. The van der Waals surface area contributed by atoms with Gasteiger partial charge in [0.15, 0.2) is 0 Å². The standard InChI is InChI=1S/C15H22N2OS2/c1-15(2,3)16-9-13-12(10-18-4)17-14(20-13)8-11-6-5-7-19-11/h5-7,16H,8-10H2,1-4H3. The lowest BCUT2D eigenvalue weighted by Gasteiger charge is -2.20. The molecule has 0 unspecified atom stereocenters. The smallest absolute Gasteiger partial charge is 0.0984 e. The molecule has 0 spiro atoms. The number of nitrogens with one attached hydrogen (secondary N) is 1. The van der Waals surface area contributed by atoms with E-state index in [2.05, 4.69) is 43.6 Å². The van der Waals surface area contributed by atoms with Crippen molar-refractivity contribution >= 4 is 22.7 Å². The molecule has 1 N–H and O–H groups in total. The number of thiophene rings is 1. The Morgan fingerprint density at radius 3 is 2.75 bits per heavy atom. The maximum atomic E-state index is 5.27. The molecule has 2 heterocycles. The molecule has 0 bridgehead atoms. The van der Waals surface area contributed by atoms with Gasteiger partial charge < -0.3 is 10.1 Å². The highest BCUT2D eigenvalue weighted by atomic mass is 32.1. The van der Waals surface area contributed by atoms with E-state index in [0.29, 0.717) is 6.61 Å². The Labute approximate surface area is 129 Å². The Bertz CT molecular complexity index is 527. The Kier molecular flexibility index (Phi) is 5.32. The third-order valence-corrected chi connectivity index (χ3v) is 4.76. The number of rotatable bonds is 6. The topological polar surface area (TPSA) is 34.1 Å². The van der Waals surface area contributed by atoms with Gasteiger partial charge in [0.25, 0.3) is 0 Å². The maximum absolute atomic E-state index is 5.27. The summed E-state index contributed by atoms with van der Waals surface area (Å²) in [7, 11) is 1.72. The van der Waals surface area contributed by atoms with Gasteiger partial charge in [0, 0.05) is 35.4 Å². The molecular formula is C15H22N2OS2. The fourth-order valence-corrected chi connectivity index (χ4v) is 3.64. The van der Waals surface area contributed by atoms with Crippen molar-refractivity contribution in [2.75, 3.05) is 7.11 Å². The highest BCUT2D eigenvalue weighted by molar-refractivity contribution is 7.12. The molecule has 110 valence electrons. The van der Waals surface area contributed by atoms with Gasteiger partial charge in [-0.2, -0.15) is 0 Å². The molecule has 0 radical (unpaired) electrons. The molecule has 5 heteroatoms. The highest BCUT2D eigenvalue weighted by Gasteiger charge is 2.15. The molecular weight excluding hydrogens is 288 g/mol. The molecule has 3 nitrogen and oxygen atoms in total. The van der Waals surface area contributed by atoms with Gasteiger partial charge in [0.1, 0.15) is 0 Å². The predicted octanol–water partition coefficient (Wildman–Crippen LogP) is 3.83. The maximum Gasteiger partial charge on any atom is 0.0984 e. The van der Waals surface area contributed by atoms with Gasteiger partial charge in [-0.05, 0) is 32.2 Å². The summed E-state index contributed by atoms with van der Waals surface area (Å²) < 4.78 is 5.27. The lowest BCUT2D eigenvalue weighted by Crippen LogP contribution is -2.35. The molecule has 0 aliphatic carbocycles. The molecule has 0 amide bonds. The van der Waals surface area contributed by atoms with Crippen molar-refractivity contribution < 1.29 is 4.74 Å². The molecule has 2 aromatic heterocycles. The van der Waals surface area contributed by atoms with Crippen LogP contribution in [0, 0.1) is 0 Å². The highest BCUT2D eigenvalue weighted by Crippen LogP contribution is 2.24. The van der Waals surface area contributed by atoms with Gasteiger partial charge in [-0.25, -0.2) is 4.98 Å². The summed E-state index contributed by atoms with van der Waals surface area (Å²) in [6.07, 6.45) is 0.925. The first-order chi connectivity index (χ1) is 9.48. The fourth-order valence-electron chi connectivity index (χ4n) is 1.81. The van der Waals surface area contributed by atoms with Crippen molar-refractivity contribution in [3.8, 4) is 0 Å². The van der Waals surface area contributed by atoms with E-state index in [-0.39, 0.29) is 5.54 Å². The van der Waals surface area contributed by atoms with E-state index < -0.39 is 0 Å². The van der Waals surface area contributed by atoms with Crippen LogP contribution in [-0.2, 0) is 24.3 Å². The van der Waals surface area contributed by atoms with Crippen LogP contribution in [0.4, 0.5) is 0 Å². The quantitative estimate of drug-likeness (QED) is 0.880. The Balaban J connectivity index is 2.10. The Hall–Kier alpha value is -0.750. The average Bonchev–Trinajstić information content (AvgIpc) is 2.97. The number of methoxy groups -OCH3 is 1. The van der Waals surface area contributed by atoms with Crippen molar-refractivity contribution in [2.45, 2.75) is 45.9 Å². The van der Waals surface area contributed by atoms with Crippen molar-refractivity contribution in [1.82, 2.24) is 10.3 Å². The minimum Gasteiger partial charge on any atom is -0.378 e. The summed E-state index contributed by atoms with van der Waals surface area (Å²) in [4.78, 5) is 7.38. The summed E-state index contributed by atoms with van der Waals surface area (Å²) in [6.45, 7) is 7.97. The SMILES string of the molecule is COCc1nc(Cc2cccs2)sc1CNC(C)(C)C. The number of nitrogens with zero attached hydrogens (tertiary/aromatic N) is 1. The molecule has 0 saturated carbocycles. The van der Waals surface area contributed by atoms with Crippen LogP contribution in [0.15, 0.2) is 17.5 Å². The molecule has 2 aromatic rings. The van der Waals surface area contributed by atoms with Gasteiger partial charge in [-0.3, -0.25) is 0 Å². The molecule has 0 atom stereocenters. The molecule has 0 aliphatic heterocycles. The molecule has 0 saturated heterocycles. The lowest BCUT2D eigenvalue weighted by atomic mass is 10.1. The van der Waals surface area contributed by atoms with Crippen LogP contribution < -0.4 is 5.32 Å². The summed E-state index contributed by atoms with van der Waals surface area (Å²) >= 11 is 3.58. The first kappa shape index (κ1) is 15.6. The average molecular weight is 310 g/mol.